The number of nitrogens with zero attached hydrogens (tertiary/aromatic N) is 2. The SMILES string of the molecule is CCN1C=C/C(=C\C2C([O-])C(/C=C3\N(C)c4ccccc4C3(C)C)C2O)c2ccccc21. The van der Waals surface area contributed by atoms with E-state index in [4.69, 9.17) is 0 Å². The summed E-state index contributed by atoms with van der Waals surface area (Å²) < 4.78 is 0. The third-order valence-electron chi connectivity index (χ3n) is 7.51. The van der Waals surface area contributed by atoms with E-state index < -0.39 is 24.0 Å². The summed E-state index contributed by atoms with van der Waals surface area (Å²) >= 11 is 0. The highest BCUT2D eigenvalue weighted by Crippen LogP contribution is 2.49. The first-order valence-electron chi connectivity index (χ1n) is 11.5. The predicted molar refractivity (Wildman–Crippen MR) is 129 cm³/mol. The first-order chi connectivity index (χ1) is 15.3. The fraction of sp³-hybridized carbons (Fsp3) is 0.357. The molecule has 32 heavy (non-hydrogen) atoms. The molecule has 0 aromatic heterocycles. The van der Waals surface area contributed by atoms with Crippen LogP contribution >= 0.6 is 0 Å². The largest absolute Gasteiger partial charge is 0.851 e. The van der Waals surface area contributed by atoms with Gasteiger partial charge >= 0.3 is 0 Å². The van der Waals surface area contributed by atoms with Gasteiger partial charge in [0.15, 0.2) is 0 Å². The van der Waals surface area contributed by atoms with Gasteiger partial charge in [0.2, 0.25) is 0 Å². The molecule has 5 rings (SSSR count). The maximum absolute atomic E-state index is 13.2. The van der Waals surface area contributed by atoms with E-state index in [1.807, 2.05) is 37.4 Å². The van der Waals surface area contributed by atoms with Crippen LogP contribution in [0.15, 0.2) is 78.7 Å². The van der Waals surface area contributed by atoms with Crippen molar-refractivity contribution >= 4 is 16.9 Å². The number of aliphatic hydroxyl groups excluding tert-OH is 1. The van der Waals surface area contributed by atoms with Crippen LogP contribution in [0.3, 0.4) is 0 Å². The Morgan fingerprint density at radius 3 is 2.34 bits per heavy atom. The quantitative estimate of drug-likeness (QED) is 0.802. The molecule has 4 atom stereocenters. The Morgan fingerprint density at radius 1 is 1.00 bits per heavy atom. The van der Waals surface area contributed by atoms with E-state index in [-0.39, 0.29) is 5.41 Å². The number of likely N-dealkylation sites (N-methyl/N-ethyl adjacent to an activating group) is 1. The minimum Gasteiger partial charge on any atom is -0.851 e. The lowest BCUT2D eigenvalue weighted by Crippen LogP contribution is -2.60. The molecule has 4 heteroatoms. The van der Waals surface area contributed by atoms with Gasteiger partial charge in [-0.05, 0) is 48.1 Å². The standard InChI is InChI=1S/C28H31N2O2/c1-5-30-15-14-18(19-10-6-8-12-23(19)30)16-20-26(31)21(27(20)32)17-25-28(2,3)22-11-7-9-13-24(22)29(25)4/h6-17,20-21,26-27,31H,5H2,1-4H3/q-1/b18-16+,25-17-. The van der Waals surface area contributed by atoms with E-state index in [2.05, 4.69) is 73.2 Å². The fourth-order valence-electron chi connectivity index (χ4n) is 5.56. The molecule has 4 nitrogen and oxygen atoms in total. The number of anilines is 2. The summed E-state index contributed by atoms with van der Waals surface area (Å²) in [5.74, 6) is -0.784. The van der Waals surface area contributed by atoms with Crippen molar-refractivity contribution in [2.45, 2.75) is 38.4 Å². The van der Waals surface area contributed by atoms with Crippen molar-refractivity contribution in [2.24, 2.45) is 11.8 Å². The van der Waals surface area contributed by atoms with E-state index in [9.17, 15) is 10.2 Å². The molecule has 0 spiro atoms. The maximum Gasteiger partial charge on any atom is 0.0646 e. The molecule has 1 saturated carbocycles. The van der Waals surface area contributed by atoms with Crippen molar-refractivity contribution < 1.29 is 10.2 Å². The van der Waals surface area contributed by atoms with Crippen molar-refractivity contribution in [2.75, 3.05) is 23.4 Å². The molecule has 1 N–H and O–H groups in total. The van der Waals surface area contributed by atoms with Gasteiger partial charge in [-0.3, -0.25) is 0 Å². The van der Waals surface area contributed by atoms with Crippen LogP contribution in [0.25, 0.3) is 5.57 Å². The van der Waals surface area contributed by atoms with Crippen molar-refractivity contribution in [3.63, 3.8) is 0 Å². The molecule has 0 amide bonds. The smallest absolute Gasteiger partial charge is 0.0646 e. The van der Waals surface area contributed by atoms with E-state index in [0.29, 0.717) is 0 Å². The fourth-order valence-corrected chi connectivity index (χ4v) is 5.56. The molecular formula is C28H31N2O2-. The molecule has 0 bridgehead atoms. The Hall–Kier alpha value is -2.82. The van der Waals surface area contributed by atoms with Gasteiger partial charge in [0.1, 0.15) is 0 Å². The number of hydrogen-bond acceptors (Lipinski definition) is 4. The first-order valence-corrected chi connectivity index (χ1v) is 11.5. The molecule has 4 unspecified atom stereocenters. The van der Waals surface area contributed by atoms with Crippen LogP contribution in [-0.2, 0) is 5.41 Å². The molecule has 3 aliphatic rings. The highest BCUT2D eigenvalue weighted by Gasteiger charge is 2.44. The van der Waals surface area contributed by atoms with Gasteiger partial charge in [0, 0.05) is 47.8 Å². The minimum atomic E-state index is -0.859. The summed E-state index contributed by atoms with van der Waals surface area (Å²) in [4.78, 5) is 4.36. The van der Waals surface area contributed by atoms with Gasteiger partial charge < -0.3 is 20.0 Å². The van der Waals surface area contributed by atoms with E-state index >= 15 is 0 Å². The molecule has 0 radical (unpaired) electrons. The van der Waals surface area contributed by atoms with Crippen LogP contribution in [0, 0.1) is 11.8 Å². The molecule has 2 heterocycles. The highest BCUT2D eigenvalue weighted by molar-refractivity contribution is 5.86. The number of aliphatic hydroxyl groups is 1. The maximum atomic E-state index is 13.2. The Bertz CT molecular complexity index is 1120. The summed E-state index contributed by atoms with van der Waals surface area (Å²) in [6.07, 6.45) is 6.60. The first kappa shape index (κ1) is 21.0. The minimum absolute atomic E-state index is 0.191. The van der Waals surface area contributed by atoms with Gasteiger partial charge in [-0.2, -0.15) is 0 Å². The molecule has 1 fully saturated rings. The molecule has 166 valence electrons. The highest BCUT2D eigenvalue weighted by atomic mass is 16.3. The lowest BCUT2D eigenvalue weighted by atomic mass is 9.66. The number of rotatable bonds is 3. The average Bonchev–Trinajstić information content (AvgIpc) is 3.00. The molecule has 0 saturated heterocycles. The van der Waals surface area contributed by atoms with Crippen LogP contribution in [0.2, 0.25) is 0 Å². The van der Waals surface area contributed by atoms with Crippen molar-refractivity contribution in [3.05, 3.63) is 89.8 Å². The van der Waals surface area contributed by atoms with Gasteiger partial charge in [-0.1, -0.05) is 62.4 Å². The monoisotopic (exact) mass is 427 g/mol. The predicted octanol–water partition coefficient (Wildman–Crippen LogP) is 4.07. The topological polar surface area (TPSA) is 49.8 Å². The lowest BCUT2D eigenvalue weighted by molar-refractivity contribution is -0.473. The number of hydrogen-bond donors (Lipinski definition) is 1. The summed E-state index contributed by atoms with van der Waals surface area (Å²) in [7, 11) is 2.05. The Morgan fingerprint density at radius 2 is 1.66 bits per heavy atom. The summed E-state index contributed by atoms with van der Waals surface area (Å²) in [5.41, 5.74) is 6.61. The van der Waals surface area contributed by atoms with E-state index in [1.165, 1.54) is 11.3 Å². The van der Waals surface area contributed by atoms with Crippen LogP contribution in [0.1, 0.15) is 31.9 Å². The normalized spacial score (nSPS) is 30.4. The van der Waals surface area contributed by atoms with Crippen LogP contribution in [0.4, 0.5) is 11.4 Å². The van der Waals surface area contributed by atoms with Gasteiger partial charge in [-0.25, -0.2) is 0 Å². The Balaban J connectivity index is 1.42. The van der Waals surface area contributed by atoms with Crippen LogP contribution in [0.5, 0.6) is 0 Å². The number of para-hydroxylation sites is 2. The molecule has 2 aromatic rings. The Labute approximate surface area is 190 Å². The van der Waals surface area contributed by atoms with Gasteiger partial charge in [0.05, 0.1) is 6.10 Å². The van der Waals surface area contributed by atoms with Crippen molar-refractivity contribution in [1.82, 2.24) is 0 Å². The summed E-state index contributed by atoms with van der Waals surface area (Å²) in [6, 6.07) is 16.6. The number of benzene rings is 2. The molecular weight excluding hydrogens is 396 g/mol. The summed E-state index contributed by atoms with van der Waals surface area (Å²) in [5, 5.41) is 24.2. The number of fused-ring (bicyclic) bond motifs is 2. The zero-order chi connectivity index (χ0) is 22.6. The van der Waals surface area contributed by atoms with Crippen LogP contribution < -0.4 is 14.9 Å². The Kier molecular flexibility index (Phi) is 5.03. The van der Waals surface area contributed by atoms with E-state index in [1.54, 1.807) is 0 Å². The van der Waals surface area contributed by atoms with Crippen LogP contribution in [-0.4, -0.2) is 30.9 Å². The van der Waals surface area contributed by atoms with Gasteiger partial charge in [0.25, 0.3) is 0 Å². The zero-order valence-corrected chi connectivity index (χ0v) is 19.2. The lowest BCUT2D eigenvalue weighted by Gasteiger charge is -2.53. The van der Waals surface area contributed by atoms with Gasteiger partial charge in [-0.15, -0.1) is 6.10 Å². The molecule has 2 aromatic carbocycles. The third kappa shape index (κ3) is 3.05. The molecule has 1 aliphatic carbocycles. The van der Waals surface area contributed by atoms with Crippen molar-refractivity contribution in [1.29, 1.82) is 0 Å². The van der Waals surface area contributed by atoms with Crippen molar-refractivity contribution in [3.8, 4) is 0 Å². The zero-order valence-electron chi connectivity index (χ0n) is 19.2. The average molecular weight is 428 g/mol. The van der Waals surface area contributed by atoms with E-state index in [0.717, 1.165) is 29.1 Å². The number of allylic oxidation sites excluding steroid dienone is 3. The third-order valence-corrected chi connectivity index (χ3v) is 7.51. The second-order valence-electron chi connectivity index (χ2n) is 9.60. The summed E-state index contributed by atoms with van der Waals surface area (Å²) in [6.45, 7) is 7.39. The second-order valence-corrected chi connectivity index (χ2v) is 9.60. The second kappa shape index (κ2) is 7.65. The molecule has 2 aliphatic heterocycles.